The number of rotatable bonds is 5. The third-order valence-electron chi connectivity index (χ3n) is 7.36. The number of aromatic nitrogens is 3. The van der Waals surface area contributed by atoms with E-state index in [1.807, 2.05) is 23.2 Å². The van der Waals surface area contributed by atoms with E-state index in [-0.39, 0.29) is 17.5 Å². The van der Waals surface area contributed by atoms with Crippen molar-refractivity contribution in [3.8, 4) is 11.4 Å². The number of aromatic amines is 1. The van der Waals surface area contributed by atoms with Crippen molar-refractivity contribution in [2.45, 2.75) is 45.1 Å². The number of carbonyl (C=O) groups is 1. The maximum Gasteiger partial charge on any atom is 0.343 e. The van der Waals surface area contributed by atoms with E-state index in [0.29, 0.717) is 18.3 Å². The largest absolute Gasteiger partial charge is 0.343 e. The number of likely N-dealkylation sites (tertiary alicyclic amines) is 1. The number of H-pyrrole nitrogens is 1. The van der Waals surface area contributed by atoms with Gasteiger partial charge in [0.15, 0.2) is 5.82 Å². The molecule has 1 amide bonds. The van der Waals surface area contributed by atoms with Crippen LogP contribution in [-0.4, -0.2) is 44.9 Å². The second kappa shape index (κ2) is 8.70. The van der Waals surface area contributed by atoms with Gasteiger partial charge in [0.1, 0.15) is 0 Å². The van der Waals surface area contributed by atoms with Crippen molar-refractivity contribution in [2.24, 2.45) is 16.8 Å². The minimum Gasteiger partial charge on any atom is -0.342 e. The van der Waals surface area contributed by atoms with Crippen LogP contribution in [0.2, 0.25) is 0 Å². The number of benzene rings is 1. The highest BCUT2D eigenvalue weighted by Gasteiger charge is 2.36. The second-order valence-electron chi connectivity index (χ2n) is 9.79. The first-order valence-corrected chi connectivity index (χ1v) is 12.3. The average molecular weight is 456 g/mol. The van der Waals surface area contributed by atoms with Crippen LogP contribution in [0.5, 0.6) is 0 Å². The number of nitrogens with zero attached hydrogens (tertiary/aromatic N) is 4. The first-order chi connectivity index (χ1) is 16.7. The van der Waals surface area contributed by atoms with E-state index in [1.165, 1.54) is 11.1 Å². The van der Waals surface area contributed by atoms with Crippen molar-refractivity contribution < 1.29 is 4.79 Å². The molecule has 3 heterocycles. The molecule has 1 atom stereocenters. The smallest absolute Gasteiger partial charge is 0.342 e. The minimum atomic E-state index is -0.197. The van der Waals surface area contributed by atoms with E-state index >= 15 is 0 Å². The molecule has 0 radical (unpaired) electrons. The summed E-state index contributed by atoms with van der Waals surface area (Å²) in [4.78, 5) is 31.5. The first-order valence-electron chi connectivity index (χ1n) is 12.3. The summed E-state index contributed by atoms with van der Waals surface area (Å²) >= 11 is 0. The lowest BCUT2D eigenvalue weighted by atomic mass is 10.0. The Balaban J connectivity index is 1.18. The molecule has 4 aliphatic rings. The van der Waals surface area contributed by atoms with Gasteiger partial charge in [-0.15, -0.1) is 0 Å². The Kier molecular flexibility index (Phi) is 5.40. The zero-order valence-electron chi connectivity index (χ0n) is 19.2. The first kappa shape index (κ1) is 21.1. The van der Waals surface area contributed by atoms with Crippen LogP contribution in [0.3, 0.4) is 0 Å². The maximum absolute atomic E-state index is 12.5. The molecule has 1 aromatic heterocycles. The van der Waals surface area contributed by atoms with Gasteiger partial charge in [-0.2, -0.15) is 5.10 Å². The summed E-state index contributed by atoms with van der Waals surface area (Å²) in [5.74, 6) is 1.47. The molecule has 1 saturated carbocycles. The molecule has 6 rings (SSSR count). The standard InChI is InChI=1S/C27H29N5O2/c33-26(23-9-10-23)31-15-13-18(16-31)17-32-25(29-30-27(32)34)22-7-4-19(5-8-22)20-3-6-21-2-1-14-28-24(21)12-11-20/h3-5,7-8,11-12,14,18,23H,1-2,6,9-10,13,15-17H2,(H,30,34). The summed E-state index contributed by atoms with van der Waals surface area (Å²) in [6, 6.07) is 8.25. The quantitative estimate of drug-likeness (QED) is 0.741. The Morgan fingerprint density at radius 2 is 1.91 bits per heavy atom. The molecule has 7 nitrogen and oxygen atoms in total. The summed E-state index contributed by atoms with van der Waals surface area (Å²) in [5.41, 5.74) is 5.53. The summed E-state index contributed by atoms with van der Waals surface area (Å²) in [6.45, 7) is 2.10. The molecule has 1 unspecified atom stereocenters. The Bertz CT molecular complexity index is 1290. The van der Waals surface area contributed by atoms with Crippen LogP contribution in [0.25, 0.3) is 17.0 Å². The Labute approximate surface area is 198 Å². The lowest BCUT2D eigenvalue weighted by molar-refractivity contribution is -0.131. The molecule has 0 spiro atoms. The summed E-state index contributed by atoms with van der Waals surface area (Å²) in [6.07, 6.45) is 14.5. The maximum atomic E-state index is 12.5. The van der Waals surface area contributed by atoms with Crippen LogP contribution >= 0.6 is 0 Å². The number of hydrogen-bond donors (Lipinski definition) is 1. The van der Waals surface area contributed by atoms with Crippen LogP contribution in [0.15, 0.2) is 63.6 Å². The van der Waals surface area contributed by atoms with Gasteiger partial charge >= 0.3 is 5.69 Å². The molecule has 2 aliphatic carbocycles. The fourth-order valence-electron chi connectivity index (χ4n) is 5.22. The van der Waals surface area contributed by atoms with E-state index in [1.54, 1.807) is 4.57 Å². The highest BCUT2D eigenvalue weighted by molar-refractivity contribution is 5.81. The van der Waals surface area contributed by atoms with Crippen LogP contribution < -0.4 is 5.69 Å². The van der Waals surface area contributed by atoms with Crippen molar-refractivity contribution in [3.05, 3.63) is 69.8 Å². The fourth-order valence-corrected chi connectivity index (χ4v) is 5.22. The molecule has 0 bridgehead atoms. The van der Waals surface area contributed by atoms with Gasteiger partial charge in [0.25, 0.3) is 0 Å². The molecule has 34 heavy (non-hydrogen) atoms. The van der Waals surface area contributed by atoms with Crippen LogP contribution in [-0.2, 0) is 11.3 Å². The van der Waals surface area contributed by atoms with Gasteiger partial charge in [-0.1, -0.05) is 36.4 Å². The summed E-state index contributed by atoms with van der Waals surface area (Å²) in [5, 5.41) is 6.94. The Hall–Kier alpha value is -3.48. The molecule has 2 fully saturated rings. The zero-order valence-corrected chi connectivity index (χ0v) is 19.2. The average Bonchev–Trinajstić information content (AvgIpc) is 3.57. The zero-order chi connectivity index (χ0) is 23.1. The summed E-state index contributed by atoms with van der Waals surface area (Å²) < 4.78 is 1.73. The topological polar surface area (TPSA) is 83.3 Å². The van der Waals surface area contributed by atoms with E-state index in [2.05, 4.69) is 45.6 Å². The Morgan fingerprint density at radius 3 is 2.74 bits per heavy atom. The van der Waals surface area contributed by atoms with Crippen molar-refractivity contribution in [1.29, 1.82) is 0 Å². The van der Waals surface area contributed by atoms with Gasteiger partial charge in [-0.25, -0.2) is 9.89 Å². The fraction of sp³-hybridized carbons (Fsp3) is 0.407. The van der Waals surface area contributed by atoms with Crippen LogP contribution in [0, 0.1) is 11.8 Å². The number of hydrogen-bond acceptors (Lipinski definition) is 4. The van der Waals surface area contributed by atoms with Gasteiger partial charge < -0.3 is 4.90 Å². The highest BCUT2D eigenvalue weighted by atomic mass is 16.2. The van der Waals surface area contributed by atoms with Crippen LogP contribution in [0.1, 0.15) is 44.1 Å². The molecule has 2 aromatic rings. The third kappa shape index (κ3) is 4.11. The molecule has 1 saturated heterocycles. The Morgan fingerprint density at radius 1 is 1.09 bits per heavy atom. The lowest BCUT2D eigenvalue weighted by Crippen LogP contribution is -2.31. The van der Waals surface area contributed by atoms with Crippen molar-refractivity contribution in [2.75, 3.05) is 13.1 Å². The highest BCUT2D eigenvalue weighted by Crippen LogP contribution is 2.33. The second-order valence-corrected chi connectivity index (χ2v) is 9.79. The normalized spacial score (nSPS) is 22.1. The van der Waals surface area contributed by atoms with E-state index in [0.717, 1.165) is 68.4 Å². The van der Waals surface area contributed by atoms with Crippen molar-refractivity contribution in [3.63, 3.8) is 0 Å². The molecule has 174 valence electrons. The third-order valence-corrected chi connectivity index (χ3v) is 7.36. The molecular formula is C27H29N5O2. The van der Waals surface area contributed by atoms with Gasteiger partial charge in [0, 0.05) is 37.3 Å². The van der Waals surface area contributed by atoms with Gasteiger partial charge in [0.05, 0.1) is 5.70 Å². The SMILES string of the molecule is O=C(C1CC1)N1CCC(Cn2c(-c3ccc(C4=CCC5=C(C=C4)N=CCC5)cc3)n[nH]c2=O)C1. The monoisotopic (exact) mass is 455 g/mol. The van der Waals surface area contributed by atoms with Gasteiger partial charge in [-0.05, 0) is 67.2 Å². The number of allylic oxidation sites excluding steroid dienone is 5. The predicted octanol–water partition coefficient (Wildman–Crippen LogP) is 3.96. The van der Waals surface area contributed by atoms with Crippen LogP contribution in [0.4, 0.5) is 0 Å². The number of nitrogens with one attached hydrogen (secondary N) is 1. The van der Waals surface area contributed by atoms with Gasteiger partial charge in [0.2, 0.25) is 5.91 Å². The van der Waals surface area contributed by atoms with E-state index in [4.69, 9.17) is 0 Å². The van der Waals surface area contributed by atoms with E-state index < -0.39 is 0 Å². The minimum absolute atomic E-state index is 0.197. The van der Waals surface area contributed by atoms with Gasteiger partial charge in [-0.3, -0.25) is 14.4 Å². The summed E-state index contributed by atoms with van der Waals surface area (Å²) in [7, 11) is 0. The number of amides is 1. The molecule has 1 N–H and O–H groups in total. The molecule has 1 aromatic carbocycles. The lowest BCUT2D eigenvalue weighted by Gasteiger charge is -2.16. The molecular weight excluding hydrogens is 426 g/mol. The van der Waals surface area contributed by atoms with Crippen molar-refractivity contribution >= 4 is 17.7 Å². The number of aliphatic imine (C=N–C) groups is 1. The number of carbonyl (C=O) groups excluding carboxylic acids is 1. The van der Waals surface area contributed by atoms with Crippen molar-refractivity contribution in [1.82, 2.24) is 19.7 Å². The molecule has 2 aliphatic heterocycles. The predicted molar refractivity (Wildman–Crippen MR) is 132 cm³/mol. The molecule has 7 heteroatoms. The van der Waals surface area contributed by atoms with E-state index in [9.17, 15) is 9.59 Å².